The molecule has 1 amide bonds. The van der Waals surface area contributed by atoms with Crippen LogP contribution in [0.5, 0.6) is 0 Å². The number of rotatable bonds is 1. The van der Waals surface area contributed by atoms with Crippen LogP contribution in [0.2, 0.25) is 0 Å². The van der Waals surface area contributed by atoms with Crippen LogP contribution in [0.25, 0.3) is 11.0 Å². The number of H-pyrrole nitrogens is 1. The zero-order valence-corrected chi connectivity index (χ0v) is 6.11. The summed E-state index contributed by atoms with van der Waals surface area (Å²) < 4.78 is 0. The van der Waals surface area contributed by atoms with Crippen molar-refractivity contribution in [2.75, 3.05) is 0 Å². The number of nitrogens with one attached hydrogen (secondary N) is 1. The van der Waals surface area contributed by atoms with Crippen LogP contribution in [0.3, 0.4) is 0 Å². The molecule has 2 rings (SSSR count). The second-order valence-corrected chi connectivity index (χ2v) is 2.32. The van der Waals surface area contributed by atoms with Gasteiger partial charge in [-0.1, -0.05) is 0 Å². The van der Waals surface area contributed by atoms with Gasteiger partial charge in [0.1, 0.15) is 6.33 Å². The molecule has 12 heavy (non-hydrogen) atoms. The summed E-state index contributed by atoms with van der Waals surface area (Å²) in [5.41, 5.74) is 6.60. The van der Waals surface area contributed by atoms with E-state index in [1.165, 1.54) is 6.33 Å². The van der Waals surface area contributed by atoms with E-state index >= 15 is 0 Å². The smallest absolute Gasteiger partial charge is 0.269 e. The Morgan fingerprint density at radius 3 is 3.08 bits per heavy atom. The van der Waals surface area contributed by atoms with Gasteiger partial charge in [0.2, 0.25) is 0 Å². The Morgan fingerprint density at radius 2 is 2.33 bits per heavy atom. The van der Waals surface area contributed by atoms with Crippen LogP contribution in [0.1, 0.15) is 10.5 Å². The van der Waals surface area contributed by atoms with Crippen molar-refractivity contribution >= 4 is 16.9 Å². The normalized spacial score (nSPS) is 10.3. The average molecular weight is 162 g/mol. The Bertz CT molecular complexity index is 434. The molecule has 0 aliphatic rings. The van der Waals surface area contributed by atoms with Crippen molar-refractivity contribution in [3.05, 3.63) is 24.3 Å². The van der Waals surface area contributed by atoms with Gasteiger partial charge in [-0.05, 0) is 6.07 Å². The molecule has 5 nitrogen and oxygen atoms in total. The van der Waals surface area contributed by atoms with Crippen molar-refractivity contribution < 1.29 is 4.79 Å². The number of hydrogen-bond donors (Lipinski definition) is 2. The number of primary amides is 1. The first-order chi connectivity index (χ1) is 5.79. The summed E-state index contributed by atoms with van der Waals surface area (Å²) in [6.45, 7) is 0. The minimum atomic E-state index is -0.551. The highest BCUT2D eigenvalue weighted by atomic mass is 16.1. The van der Waals surface area contributed by atoms with Gasteiger partial charge in [0, 0.05) is 6.20 Å². The standard InChI is InChI=1S/C7H6N4O/c8-7(12)6-5-4(1-2-9-5)10-3-11-6/h1-3,9H,(H2,8,12). The van der Waals surface area contributed by atoms with E-state index < -0.39 is 5.91 Å². The Balaban J connectivity index is 2.82. The first kappa shape index (κ1) is 6.78. The molecule has 2 aromatic rings. The molecule has 0 saturated heterocycles. The third-order valence-electron chi connectivity index (χ3n) is 1.58. The van der Waals surface area contributed by atoms with E-state index in [0.29, 0.717) is 11.0 Å². The lowest BCUT2D eigenvalue weighted by atomic mass is 10.3. The molecule has 5 heteroatoms. The van der Waals surface area contributed by atoms with Gasteiger partial charge >= 0.3 is 0 Å². The number of hydrogen-bond acceptors (Lipinski definition) is 3. The van der Waals surface area contributed by atoms with Gasteiger partial charge < -0.3 is 10.7 Å². The van der Waals surface area contributed by atoms with Crippen molar-refractivity contribution in [2.45, 2.75) is 0 Å². The summed E-state index contributed by atoms with van der Waals surface area (Å²) in [6, 6.07) is 1.75. The molecule has 2 aromatic heterocycles. The molecular weight excluding hydrogens is 156 g/mol. The van der Waals surface area contributed by atoms with Crippen LogP contribution in [0.4, 0.5) is 0 Å². The molecule has 2 heterocycles. The van der Waals surface area contributed by atoms with E-state index in [9.17, 15) is 4.79 Å². The van der Waals surface area contributed by atoms with Crippen molar-refractivity contribution in [1.82, 2.24) is 15.0 Å². The fraction of sp³-hybridized carbons (Fsp3) is 0. The van der Waals surface area contributed by atoms with Crippen LogP contribution in [0.15, 0.2) is 18.6 Å². The number of nitrogens with two attached hydrogens (primary N) is 1. The second kappa shape index (κ2) is 2.30. The number of aromatic amines is 1. The molecule has 0 bridgehead atoms. The Labute approximate surface area is 67.6 Å². The minimum Gasteiger partial charge on any atom is -0.364 e. The lowest BCUT2D eigenvalue weighted by molar-refractivity contribution is 0.0997. The summed E-state index contributed by atoms with van der Waals surface area (Å²) in [4.78, 5) is 21.4. The molecule has 0 spiro atoms. The van der Waals surface area contributed by atoms with E-state index in [-0.39, 0.29) is 5.69 Å². The zero-order valence-electron chi connectivity index (χ0n) is 6.11. The van der Waals surface area contributed by atoms with Crippen LogP contribution in [-0.4, -0.2) is 20.9 Å². The highest BCUT2D eigenvalue weighted by Gasteiger charge is 2.08. The number of nitrogens with zero attached hydrogens (tertiary/aromatic N) is 2. The van der Waals surface area contributed by atoms with Crippen molar-refractivity contribution in [2.24, 2.45) is 5.73 Å². The van der Waals surface area contributed by atoms with Crippen LogP contribution in [-0.2, 0) is 0 Å². The van der Waals surface area contributed by atoms with E-state index in [2.05, 4.69) is 15.0 Å². The molecule has 0 unspecified atom stereocenters. The first-order valence-corrected chi connectivity index (χ1v) is 3.37. The maximum Gasteiger partial charge on any atom is 0.269 e. The average Bonchev–Trinajstić information content (AvgIpc) is 2.49. The predicted molar refractivity (Wildman–Crippen MR) is 42.4 cm³/mol. The van der Waals surface area contributed by atoms with Crippen LogP contribution in [0, 0.1) is 0 Å². The lowest BCUT2D eigenvalue weighted by Gasteiger charge is -1.94. The van der Waals surface area contributed by atoms with Crippen molar-refractivity contribution in [3.8, 4) is 0 Å². The first-order valence-electron chi connectivity index (χ1n) is 3.37. The summed E-state index contributed by atoms with van der Waals surface area (Å²) in [6.07, 6.45) is 3.00. The van der Waals surface area contributed by atoms with E-state index in [0.717, 1.165) is 0 Å². The molecule has 0 saturated carbocycles. The molecular formula is C7H6N4O. The number of carbonyl (C=O) groups excluding carboxylic acids is 1. The molecule has 0 aliphatic heterocycles. The van der Waals surface area contributed by atoms with E-state index in [4.69, 9.17) is 5.73 Å². The fourth-order valence-electron chi connectivity index (χ4n) is 1.06. The minimum absolute atomic E-state index is 0.227. The van der Waals surface area contributed by atoms with E-state index in [1.807, 2.05) is 0 Å². The SMILES string of the molecule is NC(=O)c1ncnc2cc[nH]c12. The molecule has 0 radical (unpaired) electrons. The Kier molecular flexibility index (Phi) is 1.30. The molecule has 0 aromatic carbocycles. The lowest BCUT2D eigenvalue weighted by Crippen LogP contribution is -2.13. The quantitative estimate of drug-likeness (QED) is 0.621. The number of fused-ring (bicyclic) bond motifs is 1. The monoisotopic (exact) mass is 162 g/mol. The van der Waals surface area contributed by atoms with Gasteiger partial charge in [-0.25, -0.2) is 9.97 Å². The van der Waals surface area contributed by atoms with Crippen LogP contribution < -0.4 is 5.73 Å². The maximum atomic E-state index is 10.8. The van der Waals surface area contributed by atoms with Gasteiger partial charge in [-0.15, -0.1) is 0 Å². The molecule has 0 aliphatic carbocycles. The highest BCUT2D eigenvalue weighted by molar-refractivity contribution is 6.01. The fourth-order valence-corrected chi connectivity index (χ4v) is 1.06. The number of aromatic nitrogens is 3. The summed E-state index contributed by atoms with van der Waals surface area (Å²) >= 11 is 0. The van der Waals surface area contributed by atoms with Gasteiger partial charge in [-0.2, -0.15) is 0 Å². The summed E-state index contributed by atoms with van der Waals surface area (Å²) in [5.74, 6) is -0.551. The molecule has 0 fully saturated rings. The van der Waals surface area contributed by atoms with Crippen molar-refractivity contribution in [1.29, 1.82) is 0 Å². The highest BCUT2D eigenvalue weighted by Crippen LogP contribution is 2.10. The maximum absolute atomic E-state index is 10.8. The van der Waals surface area contributed by atoms with Gasteiger partial charge in [0.05, 0.1) is 11.0 Å². The zero-order chi connectivity index (χ0) is 8.55. The van der Waals surface area contributed by atoms with Gasteiger partial charge in [0.25, 0.3) is 5.91 Å². The summed E-state index contributed by atoms with van der Waals surface area (Å²) in [7, 11) is 0. The number of carbonyl (C=O) groups is 1. The third kappa shape index (κ3) is 0.833. The van der Waals surface area contributed by atoms with Crippen LogP contribution >= 0.6 is 0 Å². The Morgan fingerprint density at radius 1 is 1.50 bits per heavy atom. The molecule has 3 N–H and O–H groups in total. The largest absolute Gasteiger partial charge is 0.364 e. The third-order valence-corrected chi connectivity index (χ3v) is 1.58. The second-order valence-electron chi connectivity index (χ2n) is 2.32. The molecule has 0 atom stereocenters. The van der Waals surface area contributed by atoms with Gasteiger partial charge in [0.15, 0.2) is 5.69 Å². The molecule has 60 valence electrons. The topological polar surface area (TPSA) is 84.7 Å². The summed E-state index contributed by atoms with van der Waals surface area (Å²) in [5, 5.41) is 0. The van der Waals surface area contributed by atoms with E-state index in [1.54, 1.807) is 12.3 Å². The number of amides is 1. The van der Waals surface area contributed by atoms with Gasteiger partial charge in [-0.3, -0.25) is 4.79 Å². The van der Waals surface area contributed by atoms with Crippen molar-refractivity contribution in [3.63, 3.8) is 0 Å². The Hall–Kier alpha value is -1.91. The predicted octanol–water partition coefficient (Wildman–Crippen LogP) is 0.0568.